The highest BCUT2D eigenvalue weighted by atomic mass is 35.5. The molecule has 9 nitrogen and oxygen atoms in total. The fourth-order valence-electron chi connectivity index (χ4n) is 6.32. The Bertz CT molecular complexity index is 2080. The first-order valence-electron chi connectivity index (χ1n) is 16.4. The molecule has 5 rings (SSSR count). The van der Waals surface area contributed by atoms with Gasteiger partial charge in [-0.15, -0.1) is 11.6 Å². The summed E-state index contributed by atoms with van der Waals surface area (Å²) in [5.74, 6) is 0.0391. The molecule has 13 heteroatoms. The van der Waals surface area contributed by atoms with Crippen LogP contribution < -0.4 is 4.74 Å². The molecule has 0 bridgehead atoms. The van der Waals surface area contributed by atoms with Gasteiger partial charge in [0.25, 0.3) is 0 Å². The van der Waals surface area contributed by atoms with E-state index < -0.39 is 16.0 Å². The van der Waals surface area contributed by atoms with Gasteiger partial charge in [0.1, 0.15) is 17.3 Å². The lowest BCUT2D eigenvalue weighted by Crippen LogP contribution is -2.33. The molecule has 0 amide bonds. The Labute approximate surface area is 296 Å². The number of aromatic amines is 1. The maximum atomic E-state index is 13.8. The van der Waals surface area contributed by atoms with Crippen LogP contribution >= 0.6 is 23.2 Å². The second-order valence-corrected chi connectivity index (χ2v) is 14.5. The van der Waals surface area contributed by atoms with Gasteiger partial charge in [0.15, 0.2) is 0 Å². The van der Waals surface area contributed by atoms with Crippen LogP contribution in [-0.2, 0) is 41.2 Å². The minimum Gasteiger partial charge on any atom is -0.493 e. The number of H-pyrrole nitrogens is 1. The highest BCUT2D eigenvalue weighted by Gasteiger charge is 2.29. The molecule has 0 fully saturated rings. The molecule has 0 saturated carbocycles. The molecule has 49 heavy (non-hydrogen) atoms. The summed E-state index contributed by atoms with van der Waals surface area (Å²) in [7, 11) is -1.76. The Balaban J connectivity index is 1.54. The molecule has 5 aromatic rings. The number of aromatic nitrogens is 3. The standard InChI is InChI=1S/C36H41Cl2FN4O5S/c1-5-30-33(29(41-42(30)4)22-43(6-2)49(45,46)20-10-18-37)32-28(38)17-16-27-26(35(40-34(27)32)36(44)47-7-3)12-9-19-48-31-13-8-11-23-21-24(39)14-15-25(23)31/h8,11,13-17,21,40H,5-7,9-10,12,18-20,22H2,1-4H3. The topological polar surface area (TPSA) is 107 Å². The molecule has 0 aliphatic carbocycles. The van der Waals surface area contributed by atoms with Crippen LogP contribution in [0, 0.1) is 5.82 Å². The Morgan fingerprint density at radius 2 is 1.84 bits per heavy atom. The number of alkyl halides is 1. The fraction of sp³-hybridized carbons (Fsp3) is 0.389. The van der Waals surface area contributed by atoms with E-state index in [1.54, 1.807) is 30.7 Å². The largest absolute Gasteiger partial charge is 0.493 e. The fourth-order valence-corrected chi connectivity index (χ4v) is 8.35. The van der Waals surface area contributed by atoms with Gasteiger partial charge in [-0.3, -0.25) is 4.68 Å². The highest BCUT2D eigenvalue weighted by Crippen LogP contribution is 2.41. The number of benzene rings is 3. The molecule has 262 valence electrons. The maximum absolute atomic E-state index is 13.8. The number of halogens is 3. The summed E-state index contributed by atoms with van der Waals surface area (Å²) in [4.78, 5) is 16.7. The van der Waals surface area contributed by atoms with E-state index in [1.807, 2.05) is 38.2 Å². The smallest absolute Gasteiger partial charge is 0.355 e. The third-order valence-corrected chi connectivity index (χ3v) is 11.1. The lowest BCUT2D eigenvalue weighted by Gasteiger charge is -2.20. The number of fused-ring (bicyclic) bond motifs is 2. The summed E-state index contributed by atoms with van der Waals surface area (Å²) in [5.41, 5.74) is 4.52. The summed E-state index contributed by atoms with van der Waals surface area (Å²) in [6, 6.07) is 13.8. The summed E-state index contributed by atoms with van der Waals surface area (Å²) in [6.45, 7) is 6.41. The van der Waals surface area contributed by atoms with Crippen molar-refractivity contribution in [2.45, 2.75) is 53.0 Å². The van der Waals surface area contributed by atoms with Crippen molar-refractivity contribution < 1.29 is 27.1 Å². The first kappa shape index (κ1) is 36.6. The number of carbonyl (C=O) groups excluding carboxylic acids is 1. The molecule has 3 aromatic carbocycles. The number of rotatable bonds is 16. The van der Waals surface area contributed by atoms with Crippen LogP contribution in [0.15, 0.2) is 48.5 Å². The van der Waals surface area contributed by atoms with Crippen molar-refractivity contribution in [1.29, 1.82) is 0 Å². The van der Waals surface area contributed by atoms with Crippen molar-refractivity contribution in [2.24, 2.45) is 7.05 Å². The van der Waals surface area contributed by atoms with E-state index in [-0.39, 0.29) is 37.1 Å². The molecule has 1 N–H and O–H groups in total. The van der Waals surface area contributed by atoms with Gasteiger partial charge < -0.3 is 14.5 Å². The average Bonchev–Trinajstić information content (AvgIpc) is 3.60. The van der Waals surface area contributed by atoms with E-state index in [9.17, 15) is 17.6 Å². The predicted octanol–water partition coefficient (Wildman–Crippen LogP) is 8.05. The normalized spacial score (nSPS) is 12.0. The summed E-state index contributed by atoms with van der Waals surface area (Å²) in [5, 5.41) is 7.57. The molecule has 0 atom stereocenters. The van der Waals surface area contributed by atoms with E-state index in [0.717, 1.165) is 33.0 Å². The number of nitrogens with zero attached hydrogens (tertiary/aromatic N) is 3. The lowest BCUT2D eigenvalue weighted by molar-refractivity contribution is 0.0519. The first-order valence-corrected chi connectivity index (χ1v) is 19.0. The molecular weight excluding hydrogens is 690 g/mol. The number of nitrogens with one attached hydrogen (secondary N) is 1. The first-order chi connectivity index (χ1) is 23.5. The molecule has 0 aliphatic heterocycles. The monoisotopic (exact) mass is 730 g/mol. The molecule has 0 radical (unpaired) electrons. The van der Waals surface area contributed by atoms with Crippen LogP contribution in [0.5, 0.6) is 5.75 Å². The van der Waals surface area contributed by atoms with E-state index in [2.05, 4.69) is 4.98 Å². The second-order valence-electron chi connectivity index (χ2n) is 11.6. The number of hydrogen-bond donors (Lipinski definition) is 1. The number of ether oxygens (including phenoxy) is 2. The Morgan fingerprint density at radius 3 is 2.55 bits per heavy atom. The SMILES string of the molecule is CCOC(=O)c1[nH]c2c(-c3c(CN(CC)S(=O)(=O)CCCCl)nn(C)c3CC)c(Cl)ccc2c1CCCOc1cccc2cc(F)ccc12. The van der Waals surface area contributed by atoms with Crippen LogP contribution in [0.2, 0.25) is 5.02 Å². The van der Waals surface area contributed by atoms with Crippen LogP contribution in [0.3, 0.4) is 0 Å². The highest BCUT2D eigenvalue weighted by molar-refractivity contribution is 7.89. The maximum Gasteiger partial charge on any atom is 0.355 e. The van der Waals surface area contributed by atoms with E-state index in [0.29, 0.717) is 65.5 Å². The summed E-state index contributed by atoms with van der Waals surface area (Å²) >= 11 is 12.8. The Hall–Kier alpha value is -3.64. The molecule has 0 spiro atoms. The van der Waals surface area contributed by atoms with Crippen molar-refractivity contribution in [1.82, 2.24) is 19.1 Å². The minimum atomic E-state index is -3.59. The van der Waals surface area contributed by atoms with Gasteiger partial charge >= 0.3 is 5.97 Å². The van der Waals surface area contributed by atoms with Crippen molar-refractivity contribution in [3.8, 4) is 16.9 Å². The van der Waals surface area contributed by atoms with Crippen molar-refractivity contribution in [3.05, 3.63) is 82.0 Å². The predicted molar refractivity (Wildman–Crippen MR) is 194 cm³/mol. The molecule has 0 saturated heterocycles. The van der Waals surface area contributed by atoms with Gasteiger partial charge in [0.2, 0.25) is 10.0 Å². The number of esters is 1. The third kappa shape index (κ3) is 7.75. The van der Waals surface area contributed by atoms with Crippen molar-refractivity contribution in [2.75, 3.05) is 31.4 Å². The zero-order valence-electron chi connectivity index (χ0n) is 28.1. The summed E-state index contributed by atoms with van der Waals surface area (Å²) < 4.78 is 55.0. The van der Waals surface area contributed by atoms with Gasteiger partial charge in [-0.1, -0.05) is 43.6 Å². The molecule has 2 aromatic heterocycles. The number of hydrogen-bond acceptors (Lipinski definition) is 6. The Kier molecular flexibility index (Phi) is 11.9. The van der Waals surface area contributed by atoms with Crippen molar-refractivity contribution in [3.63, 3.8) is 0 Å². The van der Waals surface area contributed by atoms with Gasteiger partial charge in [-0.2, -0.15) is 9.40 Å². The van der Waals surface area contributed by atoms with Crippen LogP contribution in [0.4, 0.5) is 4.39 Å². The third-order valence-electron chi connectivity index (χ3n) is 8.57. The number of sulfonamides is 1. The van der Waals surface area contributed by atoms with Crippen LogP contribution in [0.25, 0.3) is 32.8 Å². The molecule has 0 aliphatic rings. The van der Waals surface area contributed by atoms with E-state index in [4.69, 9.17) is 37.8 Å². The molecular formula is C36H41Cl2FN4O5S. The molecule has 0 unspecified atom stereocenters. The zero-order chi connectivity index (χ0) is 35.3. The lowest BCUT2D eigenvalue weighted by atomic mass is 9.97. The number of carbonyl (C=O) groups is 1. The van der Waals surface area contributed by atoms with E-state index in [1.165, 1.54) is 16.4 Å². The average molecular weight is 732 g/mol. The van der Waals surface area contributed by atoms with Crippen LogP contribution in [0.1, 0.15) is 61.1 Å². The van der Waals surface area contributed by atoms with Gasteiger partial charge in [0.05, 0.1) is 41.7 Å². The quantitative estimate of drug-likeness (QED) is 0.0626. The summed E-state index contributed by atoms with van der Waals surface area (Å²) in [6.07, 6.45) is 2.00. The number of aryl methyl sites for hydroxylation is 2. The van der Waals surface area contributed by atoms with Crippen molar-refractivity contribution >= 4 is 60.9 Å². The Morgan fingerprint density at radius 1 is 1.06 bits per heavy atom. The van der Waals surface area contributed by atoms with E-state index >= 15 is 0 Å². The van der Waals surface area contributed by atoms with Gasteiger partial charge in [0, 0.05) is 47.1 Å². The molecule has 2 heterocycles. The second kappa shape index (κ2) is 15.9. The van der Waals surface area contributed by atoms with Crippen LogP contribution in [-0.4, -0.2) is 64.8 Å². The van der Waals surface area contributed by atoms with Gasteiger partial charge in [-0.25, -0.2) is 17.6 Å². The van der Waals surface area contributed by atoms with Gasteiger partial charge in [-0.05, 0) is 73.9 Å². The minimum absolute atomic E-state index is 0.0491. The zero-order valence-corrected chi connectivity index (χ0v) is 30.4.